The van der Waals surface area contributed by atoms with Gasteiger partial charge in [-0.2, -0.15) is 0 Å². The fraction of sp³-hybridized carbons (Fsp3) is 0.250. The Hall–Kier alpha value is -2.76. The first kappa shape index (κ1) is 21.5. The largest absolute Gasteiger partial charge is 0.443 e. The first-order valence-electron chi connectivity index (χ1n) is 7.74. The van der Waals surface area contributed by atoms with E-state index in [4.69, 9.17) is 16.3 Å². The van der Waals surface area contributed by atoms with Gasteiger partial charge >= 0.3 is 11.4 Å². The van der Waals surface area contributed by atoms with Crippen molar-refractivity contribution in [2.45, 2.75) is 31.2 Å². The summed E-state index contributed by atoms with van der Waals surface area (Å²) in [7, 11) is -4.03. The normalized spacial score (nSPS) is 11.9. The summed E-state index contributed by atoms with van der Waals surface area (Å²) in [5.41, 5.74) is -1.96. The predicted molar refractivity (Wildman–Crippen MR) is 101 cm³/mol. The molecular formula is C16H16ClN3O7S. The van der Waals surface area contributed by atoms with E-state index >= 15 is 0 Å². The number of rotatable bonds is 6. The molecule has 2 aromatic carbocycles. The van der Waals surface area contributed by atoms with E-state index in [1.807, 2.05) is 0 Å². The Morgan fingerprint density at radius 3 is 1.96 bits per heavy atom. The molecule has 12 heteroatoms. The number of nitrogens with zero attached hydrogens (tertiary/aromatic N) is 2. The van der Waals surface area contributed by atoms with Crippen molar-refractivity contribution in [3.05, 3.63) is 61.6 Å². The Morgan fingerprint density at radius 1 is 0.964 bits per heavy atom. The number of halogens is 1. The number of sulfonamides is 1. The third-order valence-electron chi connectivity index (χ3n) is 3.22. The Kier molecular flexibility index (Phi) is 5.92. The van der Waals surface area contributed by atoms with Gasteiger partial charge in [-0.25, -0.2) is 13.1 Å². The van der Waals surface area contributed by atoms with E-state index in [0.29, 0.717) is 0 Å². The van der Waals surface area contributed by atoms with Crippen LogP contribution in [0.5, 0.6) is 11.5 Å². The van der Waals surface area contributed by atoms with Crippen molar-refractivity contribution in [1.82, 2.24) is 4.72 Å². The van der Waals surface area contributed by atoms with Crippen molar-refractivity contribution in [1.29, 1.82) is 0 Å². The van der Waals surface area contributed by atoms with Crippen molar-refractivity contribution in [3.63, 3.8) is 0 Å². The fourth-order valence-corrected chi connectivity index (χ4v) is 3.80. The molecule has 0 heterocycles. The highest BCUT2D eigenvalue weighted by atomic mass is 35.5. The lowest BCUT2D eigenvalue weighted by Gasteiger charge is -2.20. The minimum absolute atomic E-state index is 0.0863. The number of hydrogen-bond acceptors (Lipinski definition) is 7. The first-order chi connectivity index (χ1) is 12.8. The molecule has 0 saturated carbocycles. The number of nitro benzene ring substituents is 2. The summed E-state index contributed by atoms with van der Waals surface area (Å²) in [5, 5.41) is 22.6. The van der Waals surface area contributed by atoms with E-state index in [2.05, 4.69) is 4.72 Å². The lowest BCUT2D eigenvalue weighted by molar-refractivity contribution is -0.387. The minimum Gasteiger partial charge on any atom is -0.443 e. The molecule has 0 spiro atoms. The summed E-state index contributed by atoms with van der Waals surface area (Å²) in [6, 6.07) is 6.55. The van der Waals surface area contributed by atoms with Crippen LogP contribution in [0, 0.1) is 20.2 Å². The van der Waals surface area contributed by atoms with Crippen LogP contribution in [-0.4, -0.2) is 23.8 Å². The van der Waals surface area contributed by atoms with Crippen molar-refractivity contribution in [2.24, 2.45) is 0 Å². The molecule has 0 atom stereocenters. The molecule has 28 heavy (non-hydrogen) atoms. The predicted octanol–water partition coefficient (Wildman–Crippen LogP) is 4.03. The van der Waals surface area contributed by atoms with Crippen LogP contribution < -0.4 is 9.46 Å². The first-order valence-corrected chi connectivity index (χ1v) is 9.60. The molecule has 0 aromatic heterocycles. The molecular weight excluding hydrogens is 414 g/mol. The average Bonchev–Trinajstić information content (AvgIpc) is 2.54. The Labute approximate surface area is 165 Å². The monoisotopic (exact) mass is 429 g/mol. The second kappa shape index (κ2) is 7.70. The number of ether oxygens (including phenoxy) is 1. The van der Waals surface area contributed by atoms with E-state index in [1.54, 1.807) is 20.8 Å². The van der Waals surface area contributed by atoms with Gasteiger partial charge in [0.25, 0.3) is 0 Å². The topological polar surface area (TPSA) is 142 Å². The number of benzene rings is 2. The third-order valence-corrected chi connectivity index (χ3v) is 5.21. The number of hydrogen-bond donors (Lipinski definition) is 1. The second-order valence-corrected chi connectivity index (χ2v) is 8.83. The van der Waals surface area contributed by atoms with Crippen LogP contribution in [0.25, 0.3) is 0 Å². The van der Waals surface area contributed by atoms with Gasteiger partial charge in [-0.05, 0) is 45.0 Å². The quantitative estimate of drug-likeness (QED) is 0.539. The molecule has 0 unspecified atom stereocenters. The van der Waals surface area contributed by atoms with Crippen LogP contribution in [0.3, 0.4) is 0 Å². The molecule has 0 aliphatic heterocycles. The maximum Gasteiger partial charge on any atom is 0.313 e. The highest BCUT2D eigenvalue weighted by Crippen LogP contribution is 2.38. The van der Waals surface area contributed by atoms with E-state index < -0.39 is 36.8 Å². The summed E-state index contributed by atoms with van der Waals surface area (Å²) >= 11 is 5.73. The summed E-state index contributed by atoms with van der Waals surface area (Å²) in [4.78, 5) is 20.6. The lowest BCUT2D eigenvalue weighted by Crippen LogP contribution is -2.40. The van der Waals surface area contributed by atoms with Gasteiger partial charge in [0.05, 0.1) is 14.7 Å². The zero-order valence-electron chi connectivity index (χ0n) is 15.0. The van der Waals surface area contributed by atoms with Gasteiger partial charge in [0, 0.05) is 22.7 Å². The van der Waals surface area contributed by atoms with Gasteiger partial charge in [-0.3, -0.25) is 20.2 Å². The van der Waals surface area contributed by atoms with Gasteiger partial charge in [0.1, 0.15) is 0 Å². The summed E-state index contributed by atoms with van der Waals surface area (Å²) < 4.78 is 32.5. The van der Waals surface area contributed by atoms with Crippen LogP contribution in [0.15, 0.2) is 41.3 Å². The molecule has 150 valence electrons. The Bertz CT molecular complexity index is 1050. The molecule has 2 rings (SSSR count). The Balaban J connectivity index is 2.51. The average molecular weight is 430 g/mol. The summed E-state index contributed by atoms with van der Waals surface area (Å²) in [5.74, 6) is -0.633. The molecule has 0 amide bonds. The molecule has 0 radical (unpaired) electrons. The van der Waals surface area contributed by atoms with Crippen molar-refractivity contribution < 1.29 is 23.0 Å². The van der Waals surface area contributed by atoms with Gasteiger partial charge in [-0.15, -0.1) is 0 Å². The minimum atomic E-state index is -4.03. The van der Waals surface area contributed by atoms with Gasteiger partial charge < -0.3 is 4.74 Å². The van der Waals surface area contributed by atoms with Gasteiger partial charge in [0.2, 0.25) is 21.5 Å². The highest BCUT2D eigenvalue weighted by Gasteiger charge is 2.27. The molecule has 1 N–H and O–H groups in total. The maximum absolute atomic E-state index is 12.4. The van der Waals surface area contributed by atoms with Gasteiger partial charge in [-0.1, -0.05) is 11.6 Å². The molecule has 0 aliphatic rings. The van der Waals surface area contributed by atoms with E-state index in [-0.39, 0.29) is 21.4 Å². The molecule has 0 aliphatic carbocycles. The molecule has 0 bridgehead atoms. The smallest absolute Gasteiger partial charge is 0.313 e. The zero-order chi connectivity index (χ0) is 21.3. The van der Waals surface area contributed by atoms with Crippen molar-refractivity contribution in [2.75, 3.05) is 0 Å². The van der Waals surface area contributed by atoms with Crippen LogP contribution in [0.2, 0.25) is 5.02 Å². The molecule has 0 fully saturated rings. The van der Waals surface area contributed by atoms with Crippen LogP contribution in [-0.2, 0) is 10.0 Å². The molecule has 10 nitrogen and oxygen atoms in total. The second-order valence-electron chi connectivity index (χ2n) is 6.71. The van der Waals surface area contributed by atoms with Gasteiger partial charge in [0.15, 0.2) is 0 Å². The van der Waals surface area contributed by atoms with Crippen LogP contribution in [0.4, 0.5) is 11.4 Å². The highest BCUT2D eigenvalue weighted by molar-refractivity contribution is 7.89. The van der Waals surface area contributed by atoms with Crippen LogP contribution in [0.1, 0.15) is 20.8 Å². The van der Waals surface area contributed by atoms with E-state index in [0.717, 1.165) is 24.3 Å². The molecule has 2 aromatic rings. The van der Waals surface area contributed by atoms with Crippen molar-refractivity contribution >= 4 is 33.0 Å². The summed E-state index contributed by atoms with van der Waals surface area (Å²) in [6.45, 7) is 4.86. The van der Waals surface area contributed by atoms with E-state index in [1.165, 1.54) is 12.1 Å². The van der Waals surface area contributed by atoms with Crippen LogP contribution >= 0.6 is 11.6 Å². The SMILES string of the molecule is CC(C)(C)NS(=O)(=O)c1ccc(Oc2ccc(Cl)cc2[N+](=O)[O-])c([N+](=O)[O-])c1. The zero-order valence-corrected chi connectivity index (χ0v) is 16.6. The van der Waals surface area contributed by atoms with E-state index in [9.17, 15) is 28.6 Å². The summed E-state index contributed by atoms with van der Waals surface area (Å²) in [6.07, 6.45) is 0. The fourth-order valence-electron chi connectivity index (χ4n) is 2.19. The third kappa shape index (κ3) is 5.15. The van der Waals surface area contributed by atoms with Crippen molar-refractivity contribution in [3.8, 4) is 11.5 Å². The standard InChI is InChI=1S/C16H16ClN3O7S/c1-16(2,3)18-28(25,26)11-5-7-15(13(9-11)20(23)24)27-14-6-4-10(17)8-12(14)19(21)22/h4-9,18H,1-3H3. The number of nitro groups is 2. The molecule has 0 saturated heterocycles. The Morgan fingerprint density at radius 2 is 1.46 bits per heavy atom. The lowest BCUT2D eigenvalue weighted by atomic mass is 10.1. The number of nitrogens with one attached hydrogen (secondary N) is 1. The maximum atomic E-state index is 12.4.